The largest absolute Gasteiger partial charge is 0.394 e. The number of sulfonamides is 1. The molecule has 17 heavy (non-hydrogen) atoms. The molecule has 0 spiro atoms. The van der Waals surface area contributed by atoms with Gasteiger partial charge in [0.05, 0.1) is 19.3 Å². The van der Waals surface area contributed by atoms with Gasteiger partial charge in [-0.15, -0.1) is 0 Å². The Kier molecular flexibility index (Phi) is 3.50. The molecule has 7 heteroatoms. The molecule has 1 aromatic heterocycles. The van der Waals surface area contributed by atoms with E-state index in [0.29, 0.717) is 12.5 Å². The molecule has 0 radical (unpaired) electrons. The maximum absolute atomic E-state index is 11.9. The highest BCUT2D eigenvalue weighted by molar-refractivity contribution is 7.89. The summed E-state index contributed by atoms with van der Waals surface area (Å²) in [6, 6.07) is 0.0520. The molecule has 1 heterocycles. The minimum Gasteiger partial charge on any atom is -0.394 e. The normalized spacial score (nSPS) is 24.6. The molecular formula is C10H17N3O3S. The van der Waals surface area contributed by atoms with Crippen LogP contribution in [0.4, 0.5) is 0 Å². The number of hydrogen-bond acceptors (Lipinski definition) is 4. The number of aliphatic hydroxyl groups excluding tert-OH is 1. The van der Waals surface area contributed by atoms with Gasteiger partial charge >= 0.3 is 0 Å². The zero-order chi connectivity index (χ0) is 12.5. The molecule has 1 aliphatic carbocycles. The highest BCUT2D eigenvalue weighted by Crippen LogP contribution is 2.27. The van der Waals surface area contributed by atoms with Crippen LogP contribution in [0.15, 0.2) is 17.3 Å². The van der Waals surface area contributed by atoms with Crippen LogP contribution in [-0.2, 0) is 16.6 Å². The second-order valence-electron chi connectivity index (χ2n) is 4.56. The lowest BCUT2D eigenvalue weighted by Crippen LogP contribution is -2.43. The second kappa shape index (κ2) is 4.75. The third-order valence-corrected chi connectivity index (χ3v) is 4.42. The van der Waals surface area contributed by atoms with E-state index in [4.69, 9.17) is 5.11 Å². The van der Waals surface area contributed by atoms with Gasteiger partial charge in [-0.25, -0.2) is 13.1 Å². The third-order valence-electron chi connectivity index (χ3n) is 2.94. The minimum atomic E-state index is -3.46. The van der Waals surface area contributed by atoms with Crippen LogP contribution in [-0.4, -0.2) is 36.0 Å². The predicted molar refractivity (Wildman–Crippen MR) is 61.8 cm³/mol. The van der Waals surface area contributed by atoms with E-state index in [1.807, 2.05) is 0 Å². The first-order chi connectivity index (χ1) is 8.01. The summed E-state index contributed by atoms with van der Waals surface area (Å²) >= 11 is 0. The Morgan fingerprint density at radius 2 is 2.29 bits per heavy atom. The van der Waals surface area contributed by atoms with Gasteiger partial charge in [-0.05, 0) is 18.8 Å². The molecule has 0 aliphatic heterocycles. The monoisotopic (exact) mass is 259 g/mol. The molecule has 0 amide bonds. The Hall–Kier alpha value is -0.920. The summed E-state index contributed by atoms with van der Waals surface area (Å²) in [5, 5.41) is 12.6. The SMILES string of the molecule is CC1CC(NS(=O)(=O)c2cnn(CCO)c2)C1. The highest BCUT2D eigenvalue weighted by Gasteiger charge is 2.30. The summed E-state index contributed by atoms with van der Waals surface area (Å²) in [4.78, 5) is 0.158. The molecule has 96 valence electrons. The van der Waals surface area contributed by atoms with Crippen LogP contribution in [0.5, 0.6) is 0 Å². The first kappa shape index (κ1) is 12.5. The van der Waals surface area contributed by atoms with Gasteiger partial charge in [0.25, 0.3) is 0 Å². The van der Waals surface area contributed by atoms with E-state index in [1.165, 1.54) is 17.1 Å². The average Bonchev–Trinajstić information content (AvgIpc) is 2.65. The van der Waals surface area contributed by atoms with Crippen LogP contribution in [0.3, 0.4) is 0 Å². The molecule has 1 aliphatic rings. The van der Waals surface area contributed by atoms with E-state index in [0.717, 1.165) is 12.8 Å². The number of aromatic nitrogens is 2. The van der Waals surface area contributed by atoms with Crippen molar-refractivity contribution < 1.29 is 13.5 Å². The number of rotatable bonds is 5. The summed E-state index contributed by atoms with van der Waals surface area (Å²) in [5.74, 6) is 0.597. The van der Waals surface area contributed by atoms with Crippen molar-refractivity contribution >= 4 is 10.0 Å². The topological polar surface area (TPSA) is 84.2 Å². The summed E-state index contributed by atoms with van der Waals surface area (Å²) in [6.07, 6.45) is 4.52. The lowest BCUT2D eigenvalue weighted by molar-refractivity contribution is 0.268. The van der Waals surface area contributed by atoms with Crippen LogP contribution in [0.1, 0.15) is 19.8 Å². The first-order valence-electron chi connectivity index (χ1n) is 5.67. The zero-order valence-corrected chi connectivity index (χ0v) is 10.5. The number of nitrogens with one attached hydrogen (secondary N) is 1. The summed E-state index contributed by atoms with van der Waals surface area (Å²) in [6.45, 7) is 2.34. The average molecular weight is 259 g/mol. The van der Waals surface area contributed by atoms with Gasteiger partial charge in [0.15, 0.2) is 0 Å². The van der Waals surface area contributed by atoms with E-state index in [9.17, 15) is 8.42 Å². The van der Waals surface area contributed by atoms with E-state index in [2.05, 4.69) is 16.7 Å². The molecule has 0 aromatic carbocycles. The standard InChI is InChI=1S/C10H17N3O3S/c1-8-4-9(5-8)12-17(15,16)10-6-11-13(7-10)2-3-14/h6-9,12,14H,2-5H2,1H3. The van der Waals surface area contributed by atoms with Crippen LogP contribution in [0.2, 0.25) is 0 Å². The lowest BCUT2D eigenvalue weighted by atomic mass is 9.83. The molecule has 0 unspecified atom stereocenters. The van der Waals surface area contributed by atoms with Crippen molar-refractivity contribution in [2.75, 3.05) is 6.61 Å². The van der Waals surface area contributed by atoms with Crippen LogP contribution < -0.4 is 4.72 Å². The molecule has 2 N–H and O–H groups in total. The Balaban J connectivity index is 2.03. The number of hydrogen-bond donors (Lipinski definition) is 2. The summed E-state index contributed by atoms with van der Waals surface area (Å²) in [5.41, 5.74) is 0. The molecule has 1 aromatic rings. The van der Waals surface area contributed by atoms with Crippen molar-refractivity contribution in [1.29, 1.82) is 0 Å². The fraction of sp³-hybridized carbons (Fsp3) is 0.700. The van der Waals surface area contributed by atoms with E-state index >= 15 is 0 Å². The third kappa shape index (κ3) is 2.85. The van der Waals surface area contributed by atoms with Gasteiger partial charge in [0.1, 0.15) is 4.90 Å². The van der Waals surface area contributed by atoms with Crippen molar-refractivity contribution in [2.45, 2.75) is 37.2 Å². The molecule has 0 atom stereocenters. The molecular weight excluding hydrogens is 242 g/mol. The maximum Gasteiger partial charge on any atom is 0.243 e. The maximum atomic E-state index is 11.9. The predicted octanol–water partition coefficient (Wildman–Crippen LogP) is -0.0478. The van der Waals surface area contributed by atoms with Gasteiger partial charge in [-0.1, -0.05) is 6.92 Å². The summed E-state index contributed by atoms with van der Waals surface area (Å²) in [7, 11) is -3.46. The van der Waals surface area contributed by atoms with Gasteiger partial charge in [0, 0.05) is 12.2 Å². The molecule has 2 rings (SSSR count). The van der Waals surface area contributed by atoms with Crippen LogP contribution in [0.25, 0.3) is 0 Å². The molecule has 0 saturated heterocycles. The second-order valence-corrected chi connectivity index (χ2v) is 6.27. The van der Waals surface area contributed by atoms with E-state index in [-0.39, 0.29) is 17.5 Å². The van der Waals surface area contributed by atoms with Gasteiger partial charge < -0.3 is 5.11 Å². The van der Waals surface area contributed by atoms with E-state index < -0.39 is 10.0 Å². The fourth-order valence-electron chi connectivity index (χ4n) is 1.99. The Bertz CT molecular complexity index is 477. The number of aliphatic hydroxyl groups is 1. The Morgan fingerprint density at radius 1 is 1.59 bits per heavy atom. The van der Waals surface area contributed by atoms with E-state index in [1.54, 1.807) is 0 Å². The zero-order valence-electron chi connectivity index (χ0n) is 9.70. The lowest BCUT2D eigenvalue weighted by Gasteiger charge is -2.32. The van der Waals surface area contributed by atoms with Gasteiger partial charge in [0.2, 0.25) is 10.0 Å². The van der Waals surface area contributed by atoms with Crippen LogP contribution >= 0.6 is 0 Å². The van der Waals surface area contributed by atoms with Crippen molar-refractivity contribution in [1.82, 2.24) is 14.5 Å². The molecule has 0 bridgehead atoms. The minimum absolute atomic E-state index is 0.0520. The fourth-order valence-corrected chi connectivity index (χ4v) is 3.21. The smallest absolute Gasteiger partial charge is 0.243 e. The molecule has 6 nitrogen and oxygen atoms in total. The van der Waals surface area contributed by atoms with Crippen molar-refractivity contribution in [3.05, 3.63) is 12.4 Å². The van der Waals surface area contributed by atoms with Crippen molar-refractivity contribution in [2.24, 2.45) is 5.92 Å². The molecule has 1 saturated carbocycles. The van der Waals surface area contributed by atoms with Gasteiger partial charge in [-0.3, -0.25) is 4.68 Å². The van der Waals surface area contributed by atoms with Crippen molar-refractivity contribution in [3.8, 4) is 0 Å². The first-order valence-corrected chi connectivity index (χ1v) is 7.15. The van der Waals surface area contributed by atoms with Gasteiger partial charge in [-0.2, -0.15) is 5.10 Å². The highest BCUT2D eigenvalue weighted by atomic mass is 32.2. The summed E-state index contributed by atoms with van der Waals surface area (Å²) < 4.78 is 27.9. The molecule has 1 fully saturated rings. The Labute approximate surface area is 101 Å². The quantitative estimate of drug-likeness (QED) is 0.776. The number of nitrogens with zero attached hydrogens (tertiary/aromatic N) is 2. The van der Waals surface area contributed by atoms with Crippen molar-refractivity contribution in [3.63, 3.8) is 0 Å². The Morgan fingerprint density at radius 3 is 2.88 bits per heavy atom. The van der Waals surface area contributed by atoms with Crippen LogP contribution in [0, 0.1) is 5.92 Å².